The van der Waals surface area contributed by atoms with Gasteiger partial charge in [0.05, 0.1) is 0 Å². The van der Waals surface area contributed by atoms with Gasteiger partial charge in [-0.1, -0.05) is 12.2 Å². The minimum absolute atomic E-state index is 0.0246. The number of hydrogen-bond donors (Lipinski definition) is 2. The summed E-state index contributed by atoms with van der Waals surface area (Å²) in [5.41, 5.74) is 5.59. The molecule has 5 heteroatoms. The van der Waals surface area contributed by atoms with Crippen LogP contribution in [0.3, 0.4) is 0 Å². The van der Waals surface area contributed by atoms with Crippen LogP contribution in [0.2, 0.25) is 0 Å². The lowest BCUT2D eigenvalue weighted by Gasteiger charge is -2.02. The van der Waals surface area contributed by atoms with Crippen molar-refractivity contribution in [2.24, 2.45) is 0 Å². The molecular formula is C11H12F2N2O. The van der Waals surface area contributed by atoms with Crippen LogP contribution in [0.25, 0.3) is 6.08 Å². The summed E-state index contributed by atoms with van der Waals surface area (Å²) in [6.45, 7) is 1.65. The van der Waals surface area contributed by atoms with E-state index in [0.29, 0.717) is 0 Å². The average Bonchev–Trinajstić information content (AvgIpc) is 2.14. The molecule has 0 atom stereocenters. The van der Waals surface area contributed by atoms with Crippen LogP contribution in [0.5, 0.6) is 0 Å². The van der Waals surface area contributed by atoms with E-state index in [1.807, 2.05) is 0 Å². The van der Waals surface area contributed by atoms with E-state index in [0.717, 1.165) is 12.1 Å². The molecule has 0 aromatic heterocycles. The van der Waals surface area contributed by atoms with Crippen molar-refractivity contribution < 1.29 is 13.6 Å². The van der Waals surface area contributed by atoms with Crippen molar-refractivity contribution in [2.45, 2.75) is 6.92 Å². The molecule has 0 unspecified atom stereocenters. The Labute approximate surface area is 91.9 Å². The fraction of sp³-hybridized carbons (Fsp3) is 0.182. The van der Waals surface area contributed by atoms with Crippen molar-refractivity contribution >= 4 is 17.7 Å². The lowest BCUT2D eigenvalue weighted by molar-refractivity contribution is -0.118. The first-order chi connectivity index (χ1) is 7.50. The standard InChI is InChI=1S/C11H12F2N2O/c1-7(16)15-4-2-3-9-10(13)5-8(12)6-11(9)14/h2-3,5-6H,4,14H2,1H3,(H,15,16). The van der Waals surface area contributed by atoms with E-state index in [2.05, 4.69) is 5.32 Å². The Balaban J connectivity index is 2.77. The van der Waals surface area contributed by atoms with Gasteiger partial charge in [0, 0.05) is 30.8 Å². The maximum Gasteiger partial charge on any atom is 0.217 e. The first-order valence-electron chi connectivity index (χ1n) is 4.66. The van der Waals surface area contributed by atoms with Crippen molar-refractivity contribution in [1.29, 1.82) is 0 Å². The summed E-state index contributed by atoms with van der Waals surface area (Å²) in [6, 6.07) is 1.80. The molecule has 0 bridgehead atoms. The highest BCUT2D eigenvalue weighted by molar-refractivity contribution is 5.73. The van der Waals surface area contributed by atoms with Gasteiger partial charge in [-0.2, -0.15) is 0 Å². The summed E-state index contributed by atoms with van der Waals surface area (Å²) in [5.74, 6) is -1.62. The fourth-order valence-corrected chi connectivity index (χ4v) is 1.16. The monoisotopic (exact) mass is 226 g/mol. The third kappa shape index (κ3) is 3.34. The summed E-state index contributed by atoms with van der Waals surface area (Å²) >= 11 is 0. The van der Waals surface area contributed by atoms with Crippen LogP contribution in [-0.2, 0) is 4.79 Å². The van der Waals surface area contributed by atoms with Gasteiger partial charge in [0.2, 0.25) is 5.91 Å². The summed E-state index contributed by atoms with van der Waals surface area (Å²) in [6.07, 6.45) is 2.94. The molecule has 0 heterocycles. The van der Waals surface area contributed by atoms with Crippen LogP contribution in [-0.4, -0.2) is 12.5 Å². The number of nitrogens with two attached hydrogens (primary N) is 1. The molecule has 1 aromatic carbocycles. The molecule has 0 fully saturated rings. The second kappa shape index (κ2) is 5.25. The van der Waals surface area contributed by atoms with Gasteiger partial charge in [-0.25, -0.2) is 8.78 Å². The number of halogens is 2. The first kappa shape index (κ1) is 12.2. The normalized spacial score (nSPS) is 10.7. The molecule has 0 aliphatic heterocycles. The van der Waals surface area contributed by atoms with Crippen LogP contribution >= 0.6 is 0 Å². The Morgan fingerprint density at radius 3 is 2.75 bits per heavy atom. The Bertz CT molecular complexity index is 407. The van der Waals surface area contributed by atoms with Crippen molar-refractivity contribution in [2.75, 3.05) is 12.3 Å². The summed E-state index contributed by atoms with van der Waals surface area (Å²) in [7, 11) is 0. The Morgan fingerprint density at radius 1 is 1.50 bits per heavy atom. The predicted molar refractivity (Wildman–Crippen MR) is 58.5 cm³/mol. The molecule has 0 saturated carbocycles. The largest absolute Gasteiger partial charge is 0.398 e. The van der Waals surface area contributed by atoms with Crippen molar-refractivity contribution in [3.8, 4) is 0 Å². The van der Waals surface area contributed by atoms with Gasteiger partial charge >= 0.3 is 0 Å². The van der Waals surface area contributed by atoms with Gasteiger partial charge in [0.25, 0.3) is 0 Å². The zero-order valence-corrected chi connectivity index (χ0v) is 8.76. The van der Waals surface area contributed by atoms with Crippen molar-refractivity contribution in [3.63, 3.8) is 0 Å². The van der Waals surface area contributed by atoms with Crippen LogP contribution < -0.4 is 11.1 Å². The Morgan fingerprint density at radius 2 is 2.19 bits per heavy atom. The minimum atomic E-state index is -0.725. The quantitative estimate of drug-likeness (QED) is 0.771. The molecule has 1 rings (SSSR count). The zero-order chi connectivity index (χ0) is 12.1. The molecule has 1 amide bonds. The van der Waals surface area contributed by atoms with Crippen LogP contribution in [0, 0.1) is 11.6 Å². The molecule has 0 radical (unpaired) electrons. The molecular weight excluding hydrogens is 214 g/mol. The molecule has 0 spiro atoms. The molecule has 0 saturated heterocycles. The van der Waals surface area contributed by atoms with E-state index in [-0.39, 0.29) is 23.7 Å². The fourth-order valence-electron chi connectivity index (χ4n) is 1.16. The minimum Gasteiger partial charge on any atom is -0.398 e. The zero-order valence-electron chi connectivity index (χ0n) is 8.76. The lowest BCUT2D eigenvalue weighted by atomic mass is 10.1. The molecule has 86 valence electrons. The molecule has 3 N–H and O–H groups in total. The van der Waals surface area contributed by atoms with E-state index in [9.17, 15) is 13.6 Å². The third-order valence-corrected chi connectivity index (χ3v) is 1.88. The van der Waals surface area contributed by atoms with E-state index in [1.54, 1.807) is 0 Å². The molecule has 1 aromatic rings. The highest BCUT2D eigenvalue weighted by Gasteiger charge is 2.05. The predicted octanol–water partition coefficient (Wildman–Crippen LogP) is 1.70. The maximum absolute atomic E-state index is 13.2. The van der Waals surface area contributed by atoms with E-state index >= 15 is 0 Å². The third-order valence-electron chi connectivity index (χ3n) is 1.88. The number of amides is 1. The summed E-state index contributed by atoms with van der Waals surface area (Å²) in [5, 5.41) is 2.50. The lowest BCUT2D eigenvalue weighted by Crippen LogP contribution is -2.19. The SMILES string of the molecule is CC(=O)NCC=Cc1c(N)cc(F)cc1F. The number of carbonyl (C=O) groups excluding carboxylic acids is 1. The number of rotatable bonds is 3. The highest BCUT2D eigenvalue weighted by Crippen LogP contribution is 2.19. The second-order valence-corrected chi connectivity index (χ2v) is 3.23. The highest BCUT2D eigenvalue weighted by atomic mass is 19.1. The molecule has 16 heavy (non-hydrogen) atoms. The molecule has 0 aliphatic rings. The Kier molecular flexibility index (Phi) is 3.99. The van der Waals surface area contributed by atoms with E-state index in [4.69, 9.17) is 5.73 Å². The van der Waals surface area contributed by atoms with Crippen LogP contribution in [0.4, 0.5) is 14.5 Å². The average molecular weight is 226 g/mol. The van der Waals surface area contributed by atoms with Gasteiger partial charge in [-0.15, -0.1) is 0 Å². The van der Waals surface area contributed by atoms with Gasteiger partial charge in [-0.3, -0.25) is 4.79 Å². The van der Waals surface area contributed by atoms with Crippen LogP contribution in [0.15, 0.2) is 18.2 Å². The van der Waals surface area contributed by atoms with Crippen molar-refractivity contribution in [3.05, 3.63) is 35.4 Å². The summed E-state index contributed by atoms with van der Waals surface area (Å²) in [4.78, 5) is 10.5. The topological polar surface area (TPSA) is 55.1 Å². The van der Waals surface area contributed by atoms with Crippen molar-refractivity contribution in [1.82, 2.24) is 5.32 Å². The van der Waals surface area contributed by atoms with Gasteiger partial charge < -0.3 is 11.1 Å². The second-order valence-electron chi connectivity index (χ2n) is 3.23. The number of nitrogens with one attached hydrogen (secondary N) is 1. The smallest absolute Gasteiger partial charge is 0.217 e. The first-order valence-corrected chi connectivity index (χ1v) is 4.66. The number of carbonyl (C=O) groups is 1. The van der Waals surface area contributed by atoms with Gasteiger partial charge in [0.1, 0.15) is 11.6 Å². The maximum atomic E-state index is 13.2. The molecule has 0 aliphatic carbocycles. The molecule has 3 nitrogen and oxygen atoms in total. The number of hydrogen-bond acceptors (Lipinski definition) is 2. The number of benzene rings is 1. The van der Waals surface area contributed by atoms with Gasteiger partial charge in [-0.05, 0) is 6.07 Å². The number of nitrogen functional groups attached to an aromatic ring is 1. The summed E-state index contributed by atoms with van der Waals surface area (Å²) < 4.78 is 25.9. The van der Waals surface area contributed by atoms with Gasteiger partial charge in [0.15, 0.2) is 0 Å². The Hall–Kier alpha value is -1.91. The van der Waals surface area contributed by atoms with E-state index in [1.165, 1.54) is 19.1 Å². The number of anilines is 1. The van der Waals surface area contributed by atoms with Crippen LogP contribution in [0.1, 0.15) is 12.5 Å². The van der Waals surface area contributed by atoms with E-state index < -0.39 is 11.6 Å².